The van der Waals surface area contributed by atoms with Crippen molar-refractivity contribution in [3.8, 4) is 0 Å². The van der Waals surface area contributed by atoms with Crippen LogP contribution in [0.5, 0.6) is 0 Å². The van der Waals surface area contributed by atoms with Gasteiger partial charge in [-0.05, 0) is 0 Å². The lowest BCUT2D eigenvalue weighted by molar-refractivity contribution is -0.128. The van der Waals surface area contributed by atoms with Gasteiger partial charge in [0.05, 0.1) is 0 Å². The van der Waals surface area contributed by atoms with E-state index in [-0.39, 0.29) is 12.4 Å². The zero-order chi connectivity index (χ0) is 6.78. The van der Waals surface area contributed by atoms with Crippen LogP contribution >= 0.6 is 24.0 Å². The van der Waals surface area contributed by atoms with E-state index in [2.05, 4.69) is 5.73 Å². The molecule has 1 nitrogen and oxygen atoms in total. The average Bonchev–Trinajstić information content (AvgIpc) is 1.62. The molecule has 0 amide bonds. The molecule has 0 bridgehead atoms. The molecule has 9 heavy (non-hydrogen) atoms. The summed E-state index contributed by atoms with van der Waals surface area (Å²) in [6.45, 7) is -0.564. The average molecular weight is 184 g/mol. The second-order valence-electron chi connectivity index (χ2n) is 1.24. The maximum Gasteiger partial charge on any atom is 0.406 e. The Morgan fingerprint density at radius 1 is 1.44 bits per heavy atom. The molecule has 6 heteroatoms. The van der Waals surface area contributed by atoms with Crippen LogP contribution in [0.3, 0.4) is 0 Å². The maximum atomic E-state index is 11.2. The molecule has 0 aliphatic carbocycles. The minimum atomic E-state index is -4.35. The molecule has 0 radical (unpaired) electrons. The van der Waals surface area contributed by atoms with Crippen LogP contribution in [-0.2, 0) is 0 Å². The topological polar surface area (TPSA) is 26.0 Å². The Hall–Kier alpha value is 0.330. The Morgan fingerprint density at radius 3 is 1.78 bits per heavy atom. The van der Waals surface area contributed by atoms with Crippen molar-refractivity contribution in [2.75, 3.05) is 6.54 Å². The Balaban J connectivity index is 0. The molecule has 2 N–H and O–H groups in total. The summed E-state index contributed by atoms with van der Waals surface area (Å²) in [5.41, 5.74) is 4.61. The van der Waals surface area contributed by atoms with Gasteiger partial charge in [0.2, 0.25) is 0 Å². The van der Waals surface area contributed by atoms with Crippen molar-refractivity contribution in [1.82, 2.24) is 0 Å². The van der Waals surface area contributed by atoms with Crippen molar-refractivity contribution in [1.29, 1.82) is 0 Å². The third kappa shape index (κ3) is 4.81. The van der Waals surface area contributed by atoms with Crippen LogP contribution in [0.4, 0.5) is 13.2 Å². The highest BCUT2D eigenvalue weighted by atomic mass is 35.5. The summed E-state index contributed by atoms with van der Waals surface area (Å²) in [6.07, 6.45) is -4.35. The van der Waals surface area contributed by atoms with E-state index >= 15 is 0 Å². The van der Waals surface area contributed by atoms with Crippen molar-refractivity contribution in [2.45, 2.75) is 11.6 Å². The minimum Gasteiger partial charge on any atom is -0.329 e. The highest BCUT2D eigenvalue weighted by molar-refractivity contribution is 6.21. The molecule has 1 atom stereocenters. The summed E-state index contributed by atoms with van der Waals surface area (Å²) < 4.78 is 33.7. The monoisotopic (exact) mass is 183 g/mol. The normalized spacial score (nSPS) is 14.3. The quantitative estimate of drug-likeness (QED) is 0.614. The van der Waals surface area contributed by atoms with E-state index in [9.17, 15) is 13.2 Å². The number of rotatable bonds is 1. The number of alkyl halides is 4. The Bertz CT molecular complexity index is 73.9. The summed E-state index contributed by atoms with van der Waals surface area (Å²) >= 11 is 4.69. The maximum absolute atomic E-state index is 11.2. The Kier molecular flexibility index (Phi) is 5.62. The number of hydrogen-bond acceptors (Lipinski definition) is 1. The second-order valence-corrected chi connectivity index (χ2v) is 1.77. The van der Waals surface area contributed by atoms with Gasteiger partial charge in [-0.15, -0.1) is 24.0 Å². The molecule has 1 unspecified atom stereocenters. The number of halogens is 5. The predicted molar refractivity (Wildman–Crippen MR) is 32.0 cm³/mol. The van der Waals surface area contributed by atoms with Crippen LogP contribution < -0.4 is 5.73 Å². The van der Waals surface area contributed by atoms with Gasteiger partial charge < -0.3 is 5.73 Å². The molecular formula is C3H6Cl2F3N. The summed E-state index contributed by atoms with van der Waals surface area (Å²) in [4.78, 5) is 0. The standard InChI is InChI=1S/C3H5ClF3N.ClH/c4-2(1-8)3(5,6)7;/h2H,1,8H2;1H. The minimum absolute atomic E-state index is 0. The van der Waals surface area contributed by atoms with E-state index in [0.29, 0.717) is 0 Å². The van der Waals surface area contributed by atoms with Gasteiger partial charge in [-0.1, -0.05) is 0 Å². The smallest absolute Gasteiger partial charge is 0.329 e. The summed E-state index contributed by atoms with van der Waals surface area (Å²) in [7, 11) is 0. The van der Waals surface area contributed by atoms with Crippen LogP contribution in [0.25, 0.3) is 0 Å². The predicted octanol–water partition coefficient (Wildman–Crippen LogP) is 1.54. The van der Waals surface area contributed by atoms with Crippen molar-refractivity contribution in [2.24, 2.45) is 5.73 Å². The summed E-state index contributed by atoms with van der Waals surface area (Å²) in [5.74, 6) is 0. The molecule has 0 rings (SSSR count). The summed E-state index contributed by atoms with van der Waals surface area (Å²) in [5, 5.41) is -1.90. The van der Waals surface area contributed by atoms with E-state index in [1.54, 1.807) is 0 Å². The molecule has 0 saturated carbocycles. The van der Waals surface area contributed by atoms with Gasteiger partial charge >= 0.3 is 6.18 Å². The van der Waals surface area contributed by atoms with Gasteiger partial charge in [0, 0.05) is 6.54 Å². The summed E-state index contributed by atoms with van der Waals surface area (Å²) in [6, 6.07) is 0. The third-order valence-electron chi connectivity index (χ3n) is 0.562. The molecule has 0 heterocycles. The first-order valence-corrected chi connectivity index (χ1v) is 2.33. The van der Waals surface area contributed by atoms with Crippen LogP contribution in [0.15, 0.2) is 0 Å². The van der Waals surface area contributed by atoms with E-state index in [0.717, 1.165) is 0 Å². The first kappa shape index (κ1) is 12.0. The molecule has 0 aromatic rings. The van der Waals surface area contributed by atoms with Crippen LogP contribution in [-0.4, -0.2) is 18.1 Å². The van der Waals surface area contributed by atoms with Gasteiger partial charge in [0.1, 0.15) is 5.38 Å². The largest absolute Gasteiger partial charge is 0.406 e. The molecular weight excluding hydrogens is 178 g/mol. The van der Waals surface area contributed by atoms with E-state index in [1.165, 1.54) is 0 Å². The van der Waals surface area contributed by atoms with Crippen LogP contribution in [0.2, 0.25) is 0 Å². The Morgan fingerprint density at radius 2 is 1.78 bits per heavy atom. The first-order valence-electron chi connectivity index (χ1n) is 1.89. The van der Waals surface area contributed by atoms with Crippen molar-refractivity contribution < 1.29 is 13.2 Å². The van der Waals surface area contributed by atoms with Crippen molar-refractivity contribution in [3.05, 3.63) is 0 Å². The first-order chi connectivity index (χ1) is 3.48. The Labute approximate surface area is 61.8 Å². The lowest BCUT2D eigenvalue weighted by Gasteiger charge is -2.09. The molecule has 0 aromatic carbocycles. The third-order valence-corrected chi connectivity index (χ3v) is 0.988. The molecule has 0 aliphatic heterocycles. The lowest BCUT2D eigenvalue weighted by atomic mass is 10.4. The van der Waals surface area contributed by atoms with Crippen LogP contribution in [0.1, 0.15) is 0 Å². The van der Waals surface area contributed by atoms with Gasteiger partial charge in [-0.2, -0.15) is 13.2 Å². The van der Waals surface area contributed by atoms with Gasteiger partial charge in [-0.3, -0.25) is 0 Å². The van der Waals surface area contributed by atoms with E-state index in [4.69, 9.17) is 11.6 Å². The van der Waals surface area contributed by atoms with Crippen molar-refractivity contribution >= 4 is 24.0 Å². The highest BCUT2D eigenvalue weighted by Gasteiger charge is 2.36. The fourth-order valence-corrected chi connectivity index (χ4v) is 0.134. The molecule has 0 aliphatic rings. The van der Waals surface area contributed by atoms with E-state index < -0.39 is 18.1 Å². The highest BCUT2D eigenvalue weighted by Crippen LogP contribution is 2.23. The SMILES string of the molecule is Cl.NCC(Cl)C(F)(F)F. The molecule has 0 aromatic heterocycles. The zero-order valence-electron chi connectivity index (χ0n) is 4.28. The van der Waals surface area contributed by atoms with Gasteiger partial charge in [-0.25, -0.2) is 0 Å². The zero-order valence-corrected chi connectivity index (χ0v) is 5.85. The van der Waals surface area contributed by atoms with E-state index in [1.807, 2.05) is 0 Å². The van der Waals surface area contributed by atoms with Crippen LogP contribution in [0, 0.1) is 0 Å². The lowest BCUT2D eigenvalue weighted by Crippen LogP contribution is -2.30. The molecule has 0 spiro atoms. The molecule has 58 valence electrons. The van der Waals surface area contributed by atoms with Gasteiger partial charge in [0.15, 0.2) is 0 Å². The van der Waals surface area contributed by atoms with Crippen molar-refractivity contribution in [3.63, 3.8) is 0 Å². The van der Waals surface area contributed by atoms with Gasteiger partial charge in [0.25, 0.3) is 0 Å². The fraction of sp³-hybridized carbons (Fsp3) is 1.00. The number of hydrogen-bond donors (Lipinski definition) is 1. The fourth-order valence-electron chi connectivity index (χ4n) is 0.134. The number of nitrogens with two attached hydrogens (primary N) is 1. The molecule has 0 fully saturated rings. The second kappa shape index (κ2) is 4.19. The molecule has 0 saturated heterocycles.